The van der Waals surface area contributed by atoms with E-state index in [9.17, 15) is 4.39 Å². The normalized spacial score (nSPS) is 11.9. The van der Waals surface area contributed by atoms with E-state index in [0.29, 0.717) is 0 Å². The molecule has 0 atom stereocenters. The van der Waals surface area contributed by atoms with E-state index in [2.05, 4.69) is 71.6 Å². The monoisotopic (exact) mass is 569 g/mol. The van der Waals surface area contributed by atoms with Crippen LogP contribution in [0, 0.1) is 5.82 Å². The molecular formula is C40H24FNO2. The van der Waals surface area contributed by atoms with Crippen LogP contribution in [0.2, 0.25) is 0 Å². The van der Waals surface area contributed by atoms with E-state index in [4.69, 9.17) is 9.15 Å². The van der Waals surface area contributed by atoms with Crippen LogP contribution in [0.25, 0.3) is 55.0 Å². The summed E-state index contributed by atoms with van der Waals surface area (Å²) in [5.41, 5.74) is 8.79. The Labute approximate surface area is 253 Å². The number of furan rings is 1. The van der Waals surface area contributed by atoms with Crippen LogP contribution in [0.1, 0.15) is 0 Å². The lowest BCUT2D eigenvalue weighted by Crippen LogP contribution is -2.10. The van der Waals surface area contributed by atoms with Gasteiger partial charge in [-0.2, -0.15) is 0 Å². The lowest BCUT2D eigenvalue weighted by Gasteiger charge is -2.26. The molecule has 0 aliphatic carbocycles. The Bertz CT molecular complexity index is 2370. The molecule has 1 aliphatic heterocycles. The number of fused-ring (bicyclic) bond motifs is 5. The second-order valence-corrected chi connectivity index (χ2v) is 11.0. The van der Waals surface area contributed by atoms with Crippen molar-refractivity contribution in [3.05, 3.63) is 151 Å². The molecule has 0 spiro atoms. The Kier molecular flexibility index (Phi) is 5.38. The van der Waals surface area contributed by atoms with Gasteiger partial charge in [0.05, 0.1) is 5.69 Å². The molecule has 4 heteroatoms. The Hall–Kier alpha value is -5.87. The topological polar surface area (TPSA) is 25.6 Å². The van der Waals surface area contributed by atoms with Crippen LogP contribution >= 0.6 is 0 Å². The van der Waals surface area contributed by atoms with E-state index in [1.807, 2.05) is 54.6 Å². The first-order chi connectivity index (χ1) is 21.7. The highest BCUT2D eigenvalue weighted by Crippen LogP contribution is 2.49. The predicted molar refractivity (Wildman–Crippen MR) is 177 cm³/mol. The summed E-state index contributed by atoms with van der Waals surface area (Å²) in [7, 11) is 0. The lowest BCUT2D eigenvalue weighted by molar-refractivity contribution is 0.487. The molecule has 0 saturated carbocycles. The number of hydrogen-bond donors (Lipinski definition) is 0. The van der Waals surface area contributed by atoms with Gasteiger partial charge in [0.2, 0.25) is 0 Å². The number of ether oxygens (including phenoxy) is 1. The molecular weight excluding hydrogens is 545 g/mol. The van der Waals surface area contributed by atoms with Crippen molar-refractivity contribution >= 4 is 49.8 Å². The summed E-state index contributed by atoms with van der Waals surface area (Å²) >= 11 is 0. The third-order valence-electron chi connectivity index (χ3n) is 8.55. The van der Waals surface area contributed by atoms with Crippen LogP contribution < -0.4 is 9.64 Å². The van der Waals surface area contributed by atoms with Crippen molar-refractivity contribution in [2.75, 3.05) is 4.90 Å². The van der Waals surface area contributed by atoms with Gasteiger partial charge in [0.25, 0.3) is 0 Å². The van der Waals surface area contributed by atoms with E-state index < -0.39 is 0 Å². The molecule has 0 unspecified atom stereocenters. The minimum absolute atomic E-state index is 0.277. The summed E-state index contributed by atoms with van der Waals surface area (Å²) < 4.78 is 26.8. The average molecular weight is 570 g/mol. The van der Waals surface area contributed by atoms with Crippen molar-refractivity contribution in [3.8, 4) is 33.8 Å². The van der Waals surface area contributed by atoms with Crippen molar-refractivity contribution in [2.45, 2.75) is 0 Å². The Morgan fingerprint density at radius 1 is 0.477 bits per heavy atom. The Morgan fingerprint density at radius 2 is 1.14 bits per heavy atom. The van der Waals surface area contributed by atoms with Crippen LogP contribution in [0.3, 0.4) is 0 Å². The average Bonchev–Trinajstić information content (AvgIpc) is 3.46. The zero-order valence-corrected chi connectivity index (χ0v) is 23.5. The molecule has 0 N–H and O–H groups in total. The van der Waals surface area contributed by atoms with E-state index in [0.717, 1.165) is 78.0 Å². The van der Waals surface area contributed by atoms with Gasteiger partial charge in [-0.3, -0.25) is 0 Å². The van der Waals surface area contributed by atoms with Crippen molar-refractivity contribution in [1.29, 1.82) is 0 Å². The van der Waals surface area contributed by atoms with E-state index in [1.54, 1.807) is 12.1 Å². The summed E-state index contributed by atoms with van der Waals surface area (Å²) in [5.74, 6) is 1.47. The molecule has 0 fully saturated rings. The highest BCUT2D eigenvalue weighted by atomic mass is 19.1. The first-order valence-corrected chi connectivity index (χ1v) is 14.6. The molecule has 1 aliphatic rings. The number of nitrogens with zero attached hydrogens (tertiary/aromatic N) is 1. The summed E-state index contributed by atoms with van der Waals surface area (Å²) in [6.45, 7) is 0. The molecule has 44 heavy (non-hydrogen) atoms. The highest BCUT2D eigenvalue weighted by molar-refractivity contribution is 6.11. The van der Waals surface area contributed by atoms with Gasteiger partial charge in [-0.1, -0.05) is 84.9 Å². The Balaban J connectivity index is 1.19. The van der Waals surface area contributed by atoms with E-state index >= 15 is 0 Å². The SMILES string of the molecule is Fc1ccc(N(c2ccc(-c3ccc4c5c(cccc35)Oc3ccccc3-4)cc2)c2cccc3c2oc2ccccc23)cc1. The van der Waals surface area contributed by atoms with Crippen molar-refractivity contribution in [3.63, 3.8) is 0 Å². The molecule has 8 aromatic rings. The van der Waals surface area contributed by atoms with Crippen molar-refractivity contribution < 1.29 is 13.5 Å². The number of rotatable bonds is 4. The van der Waals surface area contributed by atoms with Gasteiger partial charge in [-0.05, 0) is 82.7 Å². The zero-order valence-electron chi connectivity index (χ0n) is 23.5. The first-order valence-electron chi connectivity index (χ1n) is 14.6. The quantitative estimate of drug-likeness (QED) is 0.211. The standard InChI is InChI=1S/C40H24FNO2/c41-26-17-21-28(22-18-26)42(35-11-5-10-34-31-8-2-4-13-37(31)44-40(34)35)27-19-15-25(16-20-27)29-23-24-33-30-7-1-3-12-36(30)43-38-14-6-9-32(29)39(33)38/h1-24H. The van der Waals surface area contributed by atoms with Gasteiger partial charge in [-0.25, -0.2) is 4.39 Å². The van der Waals surface area contributed by atoms with Gasteiger partial charge < -0.3 is 14.1 Å². The smallest absolute Gasteiger partial charge is 0.159 e. The third-order valence-corrected chi connectivity index (χ3v) is 8.55. The third kappa shape index (κ3) is 3.74. The van der Waals surface area contributed by atoms with Crippen LogP contribution in [-0.2, 0) is 0 Å². The summed E-state index contributed by atoms with van der Waals surface area (Å²) in [5, 5.41) is 4.37. The summed E-state index contributed by atoms with van der Waals surface area (Å²) in [6, 6.07) is 48.2. The Morgan fingerprint density at radius 3 is 2.00 bits per heavy atom. The molecule has 9 rings (SSSR count). The second kappa shape index (κ2) is 9.58. The van der Waals surface area contributed by atoms with Gasteiger partial charge >= 0.3 is 0 Å². The molecule has 0 radical (unpaired) electrons. The minimum atomic E-state index is -0.277. The maximum absolute atomic E-state index is 14.0. The molecule has 208 valence electrons. The van der Waals surface area contributed by atoms with Crippen molar-refractivity contribution in [2.24, 2.45) is 0 Å². The molecule has 3 nitrogen and oxygen atoms in total. The molecule has 0 bridgehead atoms. The van der Waals surface area contributed by atoms with Crippen LogP contribution in [0.4, 0.5) is 21.5 Å². The highest BCUT2D eigenvalue weighted by Gasteiger charge is 2.22. The van der Waals surface area contributed by atoms with Gasteiger partial charge in [0.15, 0.2) is 5.58 Å². The molecule has 7 aromatic carbocycles. The van der Waals surface area contributed by atoms with E-state index in [-0.39, 0.29) is 5.82 Å². The lowest BCUT2D eigenvalue weighted by atomic mass is 9.90. The number of para-hydroxylation sites is 3. The van der Waals surface area contributed by atoms with Gasteiger partial charge in [-0.15, -0.1) is 0 Å². The number of benzene rings is 7. The van der Waals surface area contributed by atoms with Crippen molar-refractivity contribution in [1.82, 2.24) is 0 Å². The summed E-state index contributed by atoms with van der Waals surface area (Å²) in [4.78, 5) is 2.12. The van der Waals surface area contributed by atoms with Gasteiger partial charge in [0, 0.05) is 33.1 Å². The fourth-order valence-electron chi connectivity index (χ4n) is 6.55. The molecule has 2 heterocycles. The summed E-state index contributed by atoms with van der Waals surface area (Å²) in [6.07, 6.45) is 0. The van der Waals surface area contributed by atoms with Gasteiger partial charge in [0.1, 0.15) is 22.9 Å². The fourth-order valence-corrected chi connectivity index (χ4v) is 6.55. The number of anilines is 3. The number of halogens is 1. The molecule has 0 amide bonds. The second-order valence-electron chi connectivity index (χ2n) is 11.0. The van der Waals surface area contributed by atoms with Crippen LogP contribution in [0.15, 0.2) is 150 Å². The van der Waals surface area contributed by atoms with Crippen LogP contribution in [0.5, 0.6) is 11.5 Å². The number of hydrogen-bond acceptors (Lipinski definition) is 3. The largest absolute Gasteiger partial charge is 0.456 e. The zero-order chi connectivity index (χ0) is 29.2. The predicted octanol–water partition coefficient (Wildman–Crippen LogP) is 11.8. The maximum Gasteiger partial charge on any atom is 0.159 e. The fraction of sp³-hybridized carbons (Fsp3) is 0. The maximum atomic E-state index is 14.0. The molecule has 1 aromatic heterocycles. The van der Waals surface area contributed by atoms with E-state index in [1.165, 1.54) is 17.7 Å². The minimum Gasteiger partial charge on any atom is -0.456 e. The molecule has 0 saturated heterocycles. The van der Waals surface area contributed by atoms with Crippen LogP contribution in [-0.4, -0.2) is 0 Å². The first kappa shape index (κ1) is 24.7.